The number of nitrogens with zero attached hydrogens (tertiary/aromatic N) is 1. The van der Waals surface area contributed by atoms with Crippen LogP contribution in [0, 0.1) is 11.8 Å². The van der Waals surface area contributed by atoms with Crippen molar-refractivity contribution in [3.63, 3.8) is 0 Å². The first-order valence-electron chi connectivity index (χ1n) is 7.09. The van der Waals surface area contributed by atoms with E-state index in [9.17, 15) is 4.79 Å². The number of ether oxygens (including phenoxy) is 1. The average Bonchev–Trinajstić information content (AvgIpc) is 2.42. The van der Waals surface area contributed by atoms with E-state index in [4.69, 9.17) is 9.84 Å². The topological polar surface area (TPSA) is 49.8 Å². The Kier molecular flexibility index (Phi) is 4.66. The fourth-order valence-electron chi connectivity index (χ4n) is 2.69. The van der Waals surface area contributed by atoms with Gasteiger partial charge in [-0.15, -0.1) is 0 Å². The first kappa shape index (κ1) is 15.6. The molecule has 1 fully saturated rings. The third kappa shape index (κ3) is 3.84. The molecule has 0 bridgehead atoms. The van der Waals surface area contributed by atoms with Crippen LogP contribution in [0.25, 0.3) is 0 Å². The second-order valence-electron chi connectivity index (χ2n) is 5.88. The normalized spacial score (nSPS) is 20.6. The molecule has 1 atom stereocenters. The van der Waals surface area contributed by atoms with Crippen molar-refractivity contribution in [2.45, 2.75) is 32.5 Å². The van der Waals surface area contributed by atoms with Crippen LogP contribution in [0.5, 0.6) is 0 Å². The number of amides is 1. The number of morpholine rings is 1. The van der Waals surface area contributed by atoms with E-state index < -0.39 is 0 Å². The van der Waals surface area contributed by atoms with Crippen molar-refractivity contribution < 1.29 is 14.6 Å². The molecule has 1 saturated heterocycles. The van der Waals surface area contributed by atoms with Crippen LogP contribution in [-0.4, -0.2) is 47.3 Å². The molecular weight excluding hydrogens is 266 g/mol. The van der Waals surface area contributed by atoms with Gasteiger partial charge in [0.15, 0.2) is 0 Å². The summed E-state index contributed by atoms with van der Waals surface area (Å²) in [4.78, 5) is 14.6. The lowest BCUT2D eigenvalue weighted by Gasteiger charge is -2.41. The molecule has 4 nitrogen and oxygen atoms in total. The molecule has 1 aliphatic rings. The highest BCUT2D eigenvalue weighted by Gasteiger charge is 2.34. The molecule has 0 aromatic heterocycles. The minimum absolute atomic E-state index is 0.00777. The summed E-state index contributed by atoms with van der Waals surface area (Å²) in [7, 11) is 0. The number of carbonyl (C=O) groups is 1. The fraction of sp³-hybridized carbons (Fsp3) is 0.471. The van der Waals surface area contributed by atoms with E-state index in [2.05, 4.69) is 11.8 Å². The minimum atomic E-state index is -0.348. The van der Waals surface area contributed by atoms with E-state index in [1.165, 1.54) is 0 Å². The van der Waals surface area contributed by atoms with Gasteiger partial charge < -0.3 is 14.7 Å². The molecule has 1 aliphatic heterocycles. The first-order chi connectivity index (χ1) is 9.93. The van der Waals surface area contributed by atoms with Crippen molar-refractivity contribution in [3.8, 4) is 11.8 Å². The summed E-state index contributed by atoms with van der Waals surface area (Å²) >= 11 is 0. The summed E-state index contributed by atoms with van der Waals surface area (Å²) < 4.78 is 5.83. The number of rotatable bonds is 1. The van der Waals surface area contributed by atoms with Gasteiger partial charge in [-0.25, -0.2) is 0 Å². The predicted molar refractivity (Wildman–Crippen MR) is 80.9 cm³/mol. The molecule has 1 aromatic carbocycles. The molecule has 1 heterocycles. The van der Waals surface area contributed by atoms with Crippen LogP contribution in [-0.2, 0) is 4.74 Å². The number of carbonyl (C=O) groups excluding carboxylic acids is 1. The van der Waals surface area contributed by atoms with E-state index in [1.807, 2.05) is 37.8 Å². The molecule has 4 heteroatoms. The molecular formula is C17H21NO3. The predicted octanol–water partition coefficient (Wildman–Crippen LogP) is 1.67. The maximum absolute atomic E-state index is 12.8. The summed E-state index contributed by atoms with van der Waals surface area (Å²) in [6, 6.07) is 7.23. The average molecular weight is 287 g/mol. The molecule has 0 aliphatic carbocycles. The number of benzene rings is 1. The maximum atomic E-state index is 12.8. The number of hydrogen-bond acceptors (Lipinski definition) is 3. The fourth-order valence-corrected chi connectivity index (χ4v) is 2.69. The smallest absolute Gasteiger partial charge is 0.255 e. The van der Waals surface area contributed by atoms with Crippen molar-refractivity contribution in [3.05, 3.63) is 35.4 Å². The highest BCUT2D eigenvalue weighted by molar-refractivity contribution is 5.96. The van der Waals surface area contributed by atoms with Crippen LogP contribution in [0.4, 0.5) is 0 Å². The zero-order valence-corrected chi connectivity index (χ0v) is 12.7. The van der Waals surface area contributed by atoms with E-state index in [1.54, 1.807) is 12.1 Å². The van der Waals surface area contributed by atoms with Crippen LogP contribution in [0.15, 0.2) is 24.3 Å². The van der Waals surface area contributed by atoms with Crippen LogP contribution < -0.4 is 0 Å². The van der Waals surface area contributed by atoms with Gasteiger partial charge in [-0.1, -0.05) is 24.0 Å². The quantitative estimate of drug-likeness (QED) is 0.799. The van der Waals surface area contributed by atoms with E-state index in [0.717, 1.165) is 0 Å². The Morgan fingerprint density at radius 3 is 2.86 bits per heavy atom. The Morgan fingerprint density at radius 1 is 1.48 bits per heavy atom. The SMILES string of the molecule is CC1CN(C(=O)c2ccccc2C#CCO)CC(C)(C)O1. The molecule has 0 spiro atoms. The molecule has 112 valence electrons. The zero-order valence-electron chi connectivity index (χ0n) is 12.7. The highest BCUT2D eigenvalue weighted by atomic mass is 16.5. The van der Waals surface area contributed by atoms with Gasteiger partial charge in [0, 0.05) is 18.7 Å². The maximum Gasteiger partial charge on any atom is 0.255 e. The Balaban J connectivity index is 2.28. The van der Waals surface area contributed by atoms with Crippen LogP contribution >= 0.6 is 0 Å². The molecule has 0 radical (unpaired) electrons. The van der Waals surface area contributed by atoms with Crippen LogP contribution in [0.3, 0.4) is 0 Å². The summed E-state index contributed by atoms with van der Waals surface area (Å²) in [5.41, 5.74) is 0.871. The van der Waals surface area contributed by atoms with Gasteiger partial charge in [0.2, 0.25) is 0 Å². The number of aliphatic hydroxyl groups is 1. The summed E-state index contributed by atoms with van der Waals surface area (Å²) in [6.07, 6.45) is 0.00777. The highest BCUT2D eigenvalue weighted by Crippen LogP contribution is 2.23. The van der Waals surface area contributed by atoms with Crippen molar-refractivity contribution in [1.29, 1.82) is 0 Å². The lowest BCUT2D eigenvalue weighted by atomic mass is 10.0. The third-order valence-corrected chi connectivity index (χ3v) is 3.32. The Morgan fingerprint density at radius 2 is 2.19 bits per heavy atom. The number of aliphatic hydroxyl groups excluding tert-OH is 1. The van der Waals surface area contributed by atoms with Crippen molar-refractivity contribution in [2.24, 2.45) is 0 Å². The largest absolute Gasteiger partial charge is 0.384 e. The minimum Gasteiger partial charge on any atom is -0.384 e. The molecule has 1 unspecified atom stereocenters. The number of hydrogen-bond donors (Lipinski definition) is 1. The van der Waals surface area contributed by atoms with Gasteiger partial charge in [-0.2, -0.15) is 0 Å². The van der Waals surface area contributed by atoms with Crippen LogP contribution in [0.1, 0.15) is 36.7 Å². The van der Waals surface area contributed by atoms with Gasteiger partial charge in [-0.05, 0) is 32.9 Å². The van der Waals surface area contributed by atoms with Crippen molar-refractivity contribution >= 4 is 5.91 Å². The summed E-state index contributed by atoms with van der Waals surface area (Å²) in [5, 5.41) is 8.82. The van der Waals surface area contributed by atoms with Gasteiger partial charge in [0.1, 0.15) is 6.61 Å². The Hall–Kier alpha value is -1.83. The van der Waals surface area contributed by atoms with E-state index >= 15 is 0 Å². The molecule has 1 amide bonds. The molecule has 0 saturated carbocycles. The molecule has 1 N–H and O–H groups in total. The summed E-state index contributed by atoms with van der Waals surface area (Å²) in [5.74, 6) is 5.39. The van der Waals surface area contributed by atoms with Crippen molar-refractivity contribution in [2.75, 3.05) is 19.7 Å². The standard InChI is InChI=1S/C17H21NO3/c1-13-11-18(12-17(2,3)21-13)16(20)15-9-5-4-7-14(15)8-6-10-19/h4-5,7,9,13,19H,10-12H2,1-3H3. The van der Waals surface area contributed by atoms with E-state index in [-0.39, 0.29) is 24.2 Å². The van der Waals surface area contributed by atoms with Crippen molar-refractivity contribution in [1.82, 2.24) is 4.90 Å². The molecule has 21 heavy (non-hydrogen) atoms. The van der Waals surface area contributed by atoms with Gasteiger partial charge in [0.25, 0.3) is 5.91 Å². The molecule has 1 aromatic rings. The lowest BCUT2D eigenvalue weighted by Crippen LogP contribution is -2.53. The van der Waals surface area contributed by atoms with Crippen LogP contribution in [0.2, 0.25) is 0 Å². The first-order valence-corrected chi connectivity index (χ1v) is 7.09. The monoisotopic (exact) mass is 287 g/mol. The Labute approximate surface area is 125 Å². The molecule has 2 rings (SSSR count). The van der Waals surface area contributed by atoms with E-state index in [0.29, 0.717) is 24.2 Å². The van der Waals surface area contributed by atoms with Gasteiger partial charge in [-0.3, -0.25) is 4.79 Å². The second-order valence-corrected chi connectivity index (χ2v) is 5.88. The zero-order chi connectivity index (χ0) is 15.5. The summed E-state index contributed by atoms with van der Waals surface area (Å²) in [6.45, 7) is 6.85. The van der Waals surface area contributed by atoms with Gasteiger partial charge >= 0.3 is 0 Å². The lowest BCUT2D eigenvalue weighted by molar-refractivity contribution is -0.118. The second kappa shape index (κ2) is 6.30. The third-order valence-electron chi connectivity index (χ3n) is 3.32. The van der Waals surface area contributed by atoms with Gasteiger partial charge in [0.05, 0.1) is 17.3 Å². The Bertz CT molecular complexity index is 583.